The molecule has 158 valence electrons. The summed E-state index contributed by atoms with van der Waals surface area (Å²) in [4.78, 5) is 38.2. The van der Waals surface area contributed by atoms with E-state index in [1.165, 1.54) is 23.1 Å². The van der Waals surface area contributed by atoms with Crippen LogP contribution in [0.2, 0.25) is 0 Å². The molecule has 2 aromatic carbocycles. The first kappa shape index (κ1) is 21.4. The number of halogens is 1. The first-order chi connectivity index (χ1) is 14.3. The second-order valence-electron chi connectivity index (χ2n) is 7.24. The molecule has 2 amide bonds. The van der Waals surface area contributed by atoms with E-state index >= 15 is 0 Å². The summed E-state index contributed by atoms with van der Waals surface area (Å²) in [5.41, 5.74) is 1.81. The molecule has 0 radical (unpaired) electrons. The summed E-state index contributed by atoms with van der Waals surface area (Å²) in [6.07, 6.45) is -1.13. The van der Waals surface area contributed by atoms with Gasteiger partial charge in [0.15, 0.2) is 6.61 Å². The predicted molar refractivity (Wildman–Crippen MR) is 107 cm³/mol. The number of carbonyl (C=O) groups is 3. The lowest BCUT2D eigenvalue weighted by molar-refractivity contribution is -0.155. The van der Waals surface area contributed by atoms with Crippen molar-refractivity contribution in [1.29, 1.82) is 0 Å². The molecule has 0 spiro atoms. The minimum Gasteiger partial charge on any atom is -0.454 e. The highest BCUT2D eigenvalue weighted by molar-refractivity contribution is 5.93. The highest BCUT2D eigenvalue weighted by Crippen LogP contribution is 2.21. The number of hydrogen-bond donors (Lipinski definition) is 2. The summed E-state index contributed by atoms with van der Waals surface area (Å²) in [6.45, 7) is 1.35. The topological polar surface area (TPSA) is 95.9 Å². The van der Waals surface area contributed by atoms with Gasteiger partial charge in [0.05, 0.1) is 12.5 Å². The van der Waals surface area contributed by atoms with E-state index in [9.17, 15) is 23.9 Å². The molecule has 3 rings (SSSR count). The number of hydrogen-bond acceptors (Lipinski definition) is 5. The monoisotopic (exact) mass is 414 g/mol. The van der Waals surface area contributed by atoms with Crippen LogP contribution >= 0.6 is 0 Å². The number of ether oxygens (including phenoxy) is 1. The van der Waals surface area contributed by atoms with Crippen LogP contribution in [0.4, 0.5) is 10.1 Å². The zero-order valence-corrected chi connectivity index (χ0v) is 16.5. The van der Waals surface area contributed by atoms with Gasteiger partial charge in [0.1, 0.15) is 11.9 Å². The molecule has 8 heteroatoms. The number of likely N-dealkylation sites (tertiary alicyclic amines) is 1. The summed E-state index contributed by atoms with van der Waals surface area (Å²) in [7, 11) is 0. The van der Waals surface area contributed by atoms with Crippen molar-refractivity contribution in [3.05, 3.63) is 65.5 Å². The van der Waals surface area contributed by atoms with Crippen LogP contribution < -0.4 is 5.32 Å². The van der Waals surface area contributed by atoms with E-state index in [2.05, 4.69) is 5.32 Å². The van der Waals surface area contributed by atoms with Gasteiger partial charge < -0.3 is 20.1 Å². The fourth-order valence-electron chi connectivity index (χ4n) is 3.29. The Bertz CT molecular complexity index is 931. The fourth-order valence-corrected chi connectivity index (χ4v) is 3.29. The Morgan fingerprint density at radius 3 is 2.57 bits per heavy atom. The predicted octanol–water partition coefficient (Wildman–Crippen LogP) is 1.82. The maximum absolute atomic E-state index is 13.8. The molecule has 2 aromatic rings. The van der Waals surface area contributed by atoms with Gasteiger partial charge in [-0.15, -0.1) is 0 Å². The molecule has 0 aliphatic carbocycles. The SMILES string of the molecule is Cc1ccc(NC(=O)COC(=O)C2CC(O)CN2C(=O)Cc2ccccc2F)cc1. The maximum atomic E-state index is 13.8. The molecule has 7 nitrogen and oxygen atoms in total. The molecule has 1 fully saturated rings. The Morgan fingerprint density at radius 2 is 1.87 bits per heavy atom. The number of amides is 2. The van der Waals surface area contributed by atoms with Gasteiger partial charge in [0, 0.05) is 18.7 Å². The average molecular weight is 414 g/mol. The van der Waals surface area contributed by atoms with Crippen molar-refractivity contribution in [3.63, 3.8) is 0 Å². The Labute approximate surface area is 173 Å². The highest BCUT2D eigenvalue weighted by atomic mass is 19.1. The van der Waals surface area contributed by atoms with Crippen molar-refractivity contribution in [2.24, 2.45) is 0 Å². The lowest BCUT2D eigenvalue weighted by Crippen LogP contribution is -2.43. The number of β-amino-alcohol motifs (C(OH)–C–C–N with tert-alkyl or cyclic N) is 1. The molecule has 2 atom stereocenters. The Hall–Kier alpha value is -3.26. The van der Waals surface area contributed by atoms with Crippen LogP contribution in [0.25, 0.3) is 0 Å². The number of benzene rings is 2. The number of anilines is 1. The van der Waals surface area contributed by atoms with Crippen molar-refractivity contribution >= 4 is 23.5 Å². The van der Waals surface area contributed by atoms with Crippen molar-refractivity contribution < 1.29 is 28.6 Å². The van der Waals surface area contributed by atoms with Gasteiger partial charge in [0.2, 0.25) is 5.91 Å². The van der Waals surface area contributed by atoms with Gasteiger partial charge in [0.25, 0.3) is 5.91 Å². The fraction of sp³-hybridized carbons (Fsp3) is 0.318. The molecule has 0 saturated carbocycles. The molecule has 0 bridgehead atoms. The van der Waals surface area contributed by atoms with Crippen molar-refractivity contribution in [2.75, 3.05) is 18.5 Å². The second-order valence-corrected chi connectivity index (χ2v) is 7.24. The molecule has 1 saturated heterocycles. The second kappa shape index (κ2) is 9.49. The lowest BCUT2D eigenvalue weighted by atomic mass is 10.1. The zero-order valence-electron chi connectivity index (χ0n) is 16.5. The zero-order chi connectivity index (χ0) is 21.7. The summed E-state index contributed by atoms with van der Waals surface area (Å²) < 4.78 is 18.9. The van der Waals surface area contributed by atoms with Crippen molar-refractivity contribution in [2.45, 2.75) is 31.9 Å². The van der Waals surface area contributed by atoms with Gasteiger partial charge in [-0.25, -0.2) is 9.18 Å². The number of nitrogens with zero attached hydrogens (tertiary/aromatic N) is 1. The smallest absolute Gasteiger partial charge is 0.329 e. The molecule has 2 N–H and O–H groups in total. The lowest BCUT2D eigenvalue weighted by Gasteiger charge is -2.23. The average Bonchev–Trinajstić information content (AvgIpc) is 3.11. The molecule has 1 aliphatic rings. The Kier molecular flexibility index (Phi) is 6.79. The molecular formula is C22H23FN2O5. The quantitative estimate of drug-likeness (QED) is 0.703. The van der Waals surface area contributed by atoms with Crippen LogP contribution in [0.15, 0.2) is 48.5 Å². The van der Waals surface area contributed by atoms with E-state index in [4.69, 9.17) is 4.74 Å². The van der Waals surface area contributed by atoms with Gasteiger partial charge in [-0.1, -0.05) is 35.9 Å². The van der Waals surface area contributed by atoms with Crippen LogP contribution in [0.1, 0.15) is 17.5 Å². The largest absolute Gasteiger partial charge is 0.454 e. The Balaban J connectivity index is 1.56. The standard InChI is InChI=1S/C22H23FN2O5/c1-14-6-8-16(9-7-14)24-20(27)13-30-22(29)19-11-17(26)12-25(19)21(28)10-15-4-2-3-5-18(15)23/h2-9,17,19,26H,10-13H2,1H3,(H,24,27). The van der Waals surface area contributed by atoms with E-state index in [0.717, 1.165) is 5.56 Å². The van der Waals surface area contributed by atoms with Crippen LogP contribution in [0, 0.1) is 12.7 Å². The number of carbonyl (C=O) groups excluding carboxylic acids is 3. The van der Waals surface area contributed by atoms with E-state index in [1.807, 2.05) is 19.1 Å². The van der Waals surface area contributed by atoms with E-state index in [0.29, 0.717) is 5.69 Å². The summed E-state index contributed by atoms with van der Waals surface area (Å²) >= 11 is 0. The van der Waals surface area contributed by atoms with E-state index in [1.54, 1.807) is 18.2 Å². The molecule has 0 aromatic heterocycles. The minimum absolute atomic E-state index is 0.00142. The third-order valence-electron chi connectivity index (χ3n) is 4.85. The number of aliphatic hydroxyl groups is 1. The van der Waals surface area contributed by atoms with Gasteiger partial charge >= 0.3 is 5.97 Å². The van der Waals surface area contributed by atoms with Gasteiger partial charge in [-0.3, -0.25) is 9.59 Å². The van der Waals surface area contributed by atoms with Gasteiger partial charge in [-0.05, 0) is 30.7 Å². The molecule has 2 unspecified atom stereocenters. The first-order valence-corrected chi connectivity index (χ1v) is 9.57. The van der Waals surface area contributed by atoms with Crippen LogP contribution in [0.5, 0.6) is 0 Å². The van der Waals surface area contributed by atoms with Crippen LogP contribution in [-0.2, 0) is 25.5 Å². The number of esters is 1. The first-order valence-electron chi connectivity index (χ1n) is 9.57. The third kappa shape index (κ3) is 5.42. The number of rotatable bonds is 6. The normalized spacial score (nSPS) is 18.2. The van der Waals surface area contributed by atoms with Crippen LogP contribution in [0.3, 0.4) is 0 Å². The van der Waals surface area contributed by atoms with Crippen molar-refractivity contribution in [1.82, 2.24) is 4.90 Å². The summed E-state index contributed by atoms with van der Waals surface area (Å²) in [6, 6.07) is 12.0. The Morgan fingerprint density at radius 1 is 1.17 bits per heavy atom. The summed E-state index contributed by atoms with van der Waals surface area (Å²) in [5, 5.41) is 12.5. The maximum Gasteiger partial charge on any atom is 0.329 e. The molecule has 1 aliphatic heterocycles. The number of aryl methyl sites for hydroxylation is 1. The molecule has 1 heterocycles. The molecular weight excluding hydrogens is 391 g/mol. The van der Waals surface area contributed by atoms with Gasteiger partial charge in [-0.2, -0.15) is 0 Å². The van der Waals surface area contributed by atoms with E-state index < -0.39 is 42.4 Å². The minimum atomic E-state index is -1.02. The van der Waals surface area contributed by atoms with Crippen molar-refractivity contribution in [3.8, 4) is 0 Å². The number of nitrogens with one attached hydrogen (secondary N) is 1. The van der Waals surface area contributed by atoms with E-state index in [-0.39, 0.29) is 24.9 Å². The third-order valence-corrected chi connectivity index (χ3v) is 4.85. The number of aliphatic hydroxyl groups excluding tert-OH is 1. The molecule has 30 heavy (non-hydrogen) atoms. The highest BCUT2D eigenvalue weighted by Gasteiger charge is 2.40. The van der Waals surface area contributed by atoms with Crippen LogP contribution in [-0.4, -0.2) is 53.1 Å². The summed E-state index contributed by atoms with van der Waals surface area (Å²) in [5.74, 6) is -2.32.